The molecule has 0 saturated carbocycles. The third-order valence-electron chi connectivity index (χ3n) is 6.70. The Morgan fingerprint density at radius 2 is 1.82 bits per heavy atom. The van der Waals surface area contributed by atoms with Crippen LogP contribution in [0.2, 0.25) is 0 Å². The van der Waals surface area contributed by atoms with Crippen molar-refractivity contribution in [2.24, 2.45) is 11.8 Å². The minimum Gasteiger partial charge on any atom is -0.481 e. The van der Waals surface area contributed by atoms with Crippen molar-refractivity contribution in [3.05, 3.63) is 41.9 Å². The van der Waals surface area contributed by atoms with E-state index in [4.69, 9.17) is 4.74 Å². The summed E-state index contributed by atoms with van der Waals surface area (Å²) >= 11 is 0. The number of nitrogens with zero attached hydrogens (tertiary/aromatic N) is 3. The molecule has 1 amide bonds. The summed E-state index contributed by atoms with van der Waals surface area (Å²) in [6, 6.07) is 8.50. The number of rotatable bonds is 7. The molecule has 2 heterocycles. The number of piperidine rings is 1. The van der Waals surface area contributed by atoms with Crippen LogP contribution in [0.25, 0.3) is 11.3 Å². The van der Waals surface area contributed by atoms with Gasteiger partial charge in [-0.3, -0.25) is 4.79 Å². The molecule has 0 aliphatic carbocycles. The van der Waals surface area contributed by atoms with Crippen LogP contribution in [0.1, 0.15) is 58.3 Å². The van der Waals surface area contributed by atoms with Crippen molar-refractivity contribution < 1.29 is 19.4 Å². The highest BCUT2D eigenvalue weighted by Gasteiger charge is 2.31. The lowest BCUT2D eigenvalue weighted by molar-refractivity contribution is -0.144. The number of amides is 1. The van der Waals surface area contributed by atoms with Crippen molar-refractivity contribution in [1.29, 1.82) is 0 Å². The molecular formula is C26H37N3O4. The SMILES string of the molecule is CCC(C(=O)O)C1CCN(C(=O)OCCn2cc(-c3ccc(C(C)(C)C)cc3)nc2C)CC1. The Morgan fingerprint density at radius 1 is 1.18 bits per heavy atom. The molecular weight excluding hydrogens is 418 g/mol. The molecule has 1 aliphatic heterocycles. The maximum absolute atomic E-state index is 12.5. The molecule has 0 radical (unpaired) electrons. The van der Waals surface area contributed by atoms with Crippen LogP contribution in [0.3, 0.4) is 0 Å². The van der Waals surface area contributed by atoms with E-state index in [0.29, 0.717) is 38.9 Å². The molecule has 180 valence electrons. The molecule has 1 unspecified atom stereocenters. The fourth-order valence-corrected chi connectivity index (χ4v) is 4.53. The summed E-state index contributed by atoms with van der Waals surface area (Å²) < 4.78 is 7.51. The highest BCUT2D eigenvalue weighted by atomic mass is 16.6. The van der Waals surface area contributed by atoms with Gasteiger partial charge in [0.05, 0.1) is 18.2 Å². The molecule has 7 nitrogen and oxygen atoms in total. The van der Waals surface area contributed by atoms with Crippen LogP contribution >= 0.6 is 0 Å². The number of aryl methyl sites for hydroxylation is 1. The highest BCUT2D eigenvalue weighted by Crippen LogP contribution is 2.28. The van der Waals surface area contributed by atoms with Crippen LogP contribution in [-0.2, 0) is 21.5 Å². The molecule has 7 heteroatoms. The number of carboxylic acid groups (broad SMARTS) is 1. The van der Waals surface area contributed by atoms with Crippen molar-refractivity contribution in [2.45, 2.75) is 65.8 Å². The zero-order chi connectivity index (χ0) is 24.2. The lowest BCUT2D eigenvalue weighted by Gasteiger charge is -2.33. The van der Waals surface area contributed by atoms with E-state index in [9.17, 15) is 14.7 Å². The van der Waals surface area contributed by atoms with Crippen LogP contribution in [0, 0.1) is 18.8 Å². The maximum atomic E-state index is 12.5. The van der Waals surface area contributed by atoms with Crippen LogP contribution in [0.15, 0.2) is 30.5 Å². The highest BCUT2D eigenvalue weighted by molar-refractivity contribution is 5.70. The molecule has 1 aromatic carbocycles. The number of likely N-dealkylation sites (tertiary alicyclic amines) is 1. The summed E-state index contributed by atoms with van der Waals surface area (Å²) in [5.41, 5.74) is 3.37. The third-order valence-corrected chi connectivity index (χ3v) is 6.70. The number of carbonyl (C=O) groups is 2. The standard InChI is InChI=1S/C26H37N3O4/c1-6-22(24(30)31)19-11-13-28(14-12-19)25(32)33-16-15-29-17-23(27-18(29)2)20-7-9-21(10-8-20)26(3,4)5/h7-10,17,19,22H,6,11-16H2,1-5H3,(H,30,31). The number of carbonyl (C=O) groups excluding carboxylic acids is 1. The van der Waals surface area contributed by atoms with Crippen molar-refractivity contribution in [3.8, 4) is 11.3 Å². The lowest BCUT2D eigenvalue weighted by atomic mass is 9.83. The molecule has 1 saturated heterocycles. The van der Waals surface area contributed by atoms with E-state index in [0.717, 1.165) is 17.1 Å². The van der Waals surface area contributed by atoms with E-state index in [1.165, 1.54) is 5.56 Å². The van der Waals surface area contributed by atoms with Crippen LogP contribution < -0.4 is 0 Å². The van der Waals surface area contributed by atoms with E-state index >= 15 is 0 Å². The fourth-order valence-electron chi connectivity index (χ4n) is 4.53. The van der Waals surface area contributed by atoms with Gasteiger partial charge in [-0.05, 0) is 43.1 Å². The van der Waals surface area contributed by atoms with Crippen molar-refractivity contribution in [1.82, 2.24) is 14.5 Å². The Kier molecular flexibility index (Phi) is 7.82. The molecule has 1 atom stereocenters. The predicted octanol–water partition coefficient (Wildman–Crippen LogP) is 5.12. The van der Waals surface area contributed by atoms with Crippen molar-refractivity contribution in [3.63, 3.8) is 0 Å². The van der Waals surface area contributed by atoms with Crippen molar-refractivity contribution >= 4 is 12.1 Å². The number of hydrogen-bond acceptors (Lipinski definition) is 4. The molecule has 1 fully saturated rings. The maximum Gasteiger partial charge on any atom is 0.409 e. The first-order valence-electron chi connectivity index (χ1n) is 11.9. The molecule has 0 spiro atoms. The van der Waals surface area contributed by atoms with Gasteiger partial charge in [-0.1, -0.05) is 52.0 Å². The summed E-state index contributed by atoms with van der Waals surface area (Å²) in [5, 5.41) is 9.35. The number of ether oxygens (including phenoxy) is 1. The van der Waals surface area contributed by atoms with Gasteiger partial charge in [-0.25, -0.2) is 9.78 Å². The molecule has 33 heavy (non-hydrogen) atoms. The minimum absolute atomic E-state index is 0.112. The zero-order valence-electron chi connectivity index (χ0n) is 20.5. The average Bonchev–Trinajstić information content (AvgIpc) is 3.14. The second-order valence-electron chi connectivity index (χ2n) is 9.99. The Balaban J connectivity index is 1.50. The number of hydrogen-bond donors (Lipinski definition) is 1. The normalized spacial score (nSPS) is 16.0. The number of imidazole rings is 1. The number of benzene rings is 1. The minimum atomic E-state index is -0.737. The first-order valence-corrected chi connectivity index (χ1v) is 11.9. The van der Waals surface area contributed by atoms with Gasteiger partial charge in [0.25, 0.3) is 0 Å². The van der Waals surface area contributed by atoms with Crippen LogP contribution in [-0.4, -0.2) is 51.3 Å². The Morgan fingerprint density at radius 3 is 2.36 bits per heavy atom. The van der Waals surface area contributed by atoms with E-state index in [2.05, 4.69) is 50.0 Å². The summed E-state index contributed by atoms with van der Waals surface area (Å²) in [7, 11) is 0. The Labute approximate surface area is 196 Å². The van der Waals surface area contributed by atoms with E-state index < -0.39 is 5.97 Å². The topological polar surface area (TPSA) is 84.7 Å². The summed E-state index contributed by atoms with van der Waals surface area (Å²) in [4.78, 5) is 30.2. The number of carboxylic acids is 1. The van der Waals surface area contributed by atoms with Crippen LogP contribution in [0.5, 0.6) is 0 Å². The first-order chi connectivity index (χ1) is 15.6. The van der Waals surface area contributed by atoms with Gasteiger partial charge >= 0.3 is 12.1 Å². The molecule has 1 aliphatic rings. The summed E-state index contributed by atoms with van der Waals surface area (Å²) in [6.07, 6.45) is 3.71. The first kappa shape index (κ1) is 24.8. The van der Waals surface area contributed by atoms with Gasteiger partial charge in [-0.15, -0.1) is 0 Å². The van der Waals surface area contributed by atoms with Gasteiger partial charge in [0, 0.05) is 24.8 Å². The second-order valence-corrected chi connectivity index (χ2v) is 9.99. The van der Waals surface area contributed by atoms with E-state index in [-0.39, 0.29) is 30.0 Å². The Bertz CT molecular complexity index is 951. The van der Waals surface area contributed by atoms with Gasteiger partial charge in [-0.2, -0.15) is 0 Å². The average molecular weight is 456 g/mol. The molecule has 3 rings (SSSR count). The number of aromatic nitrogens is 2. The summed E-state index contributed by atoms with van der Waals surface area (Å²) in [5.74, 6) is -0.0629. The largest absolute Gasteiger partial charge is 0.481 e. The molecule has 2 aromatic rings. The van der Waals surface area contributed by atoms with Crippen molar-refractivity contribution in [2.75, 3.05) is 19.7 Å². The second kappa shape index (κ2) is 10.4. The summed E-state index contributed by atoms with van der Waals surface area (Å²) in [6.45, 7) is 12.4. The number of aliphatic carboxylic acids is 1. The molecule has 1 N–H and O–H groups in total. The monoisotopic (exact) mass is 455 g/mol. The quantitative estimate of drug-likeness (QED) is 0.627. The molecule has 0 bridgehead atoms. The predicted molar refractivity (Wildman–Crippen MR) is 128 cm³/mol. The van der Waals surface area contributed by atoms with E-state index in [1.54, 1.807) is 4.90 Å². The smallest absolute Gasteiger partial charge is 0.409 e. The van der Waals surface area contributed by atoms with Gasteiger partial charge in [0.1, 0.15) is 12.4 Å². The fraction of sp³-hybridized carbons (Fsp3) is 0.577. The van der Waals surface area contributed by atoms with Gasteiger partial charge in [0.15, 0.2) is 0 Å². The Hall–Kier alpha value is -2.83. The van der Waals surface area contributed by atoms with Crippen LogP contribution in [0.4, 0.5) is 4.79 Å². The van der Waals surface area contributed by atoms with E-state index in [1.807, 2.05) is 24.6 Å². The van der Waals surface area contributed by atoms with Gasteiger partial charge in [0.2, 0.25) is 0 Å². The molecule has 1 aromatic heterocycles. The lowest BCUT2D eigenvalue weighted by Crippen LogP contribution is -2.41. The zero-order valence-corrected chi connectivity index (χ0v) is 20.5. The third kappa shape index (κ3) is 6.15. The van der Waals surface area contributed by atoms with Gasteiger partial charge < -0.3 is 19.3 Å².